The van der Waals surface area contributed by atoms with E-state index < -0.39 is 0 Å². The van der Waals surface area contributed by atoms with Gasteiger partial charge in [0.25, 0.3) is 5.91 Å². The zero-order chi connectivity index (χ0) is 16.3. The van der Waals surface area contributed by atoms with E-state index in [2.05, 4.69) is 10.6 Å². The highest BCUT2D eigenvalue weighted by molar-refractivity contribution is 6.34. The van der Waals surface area contributed by atoms with Crippen molar-refractivity contribution in [1.82, 2.24) is 10.2 Å². The van der Waals surface area contributed by atoms with Crippen molar-refractivity contribution in [2.24, 2.45) is 5.92 Å². The number of nitrogens with zero attached hydrogens (tertiary/aromatic N) is 1. The van der Waals surface area contributed by atoms with Crippen LogP contribution in [0, 0.1) is 5.92 Å². The van der Waals surface area contributed by atoms with E-state index in [1.54, 1.807) is 18.2 Å². The maximum atomic E-state index is 12.7. The van der Waals surface area contributed by atoms with Crippen molar-refractivity contribution in [3.63, 3.8) is 0 Å². The zero-order valence-electron chi connectivity index (χ0n) is 13.6. The topological polar surface area (TPSA) is 61.4 Å². The highest BCUT2D eigenvalue weighted by atomic mass is 35.5. The third-order valence-corrected chi connectivity index (χ3v) is 4.08. The standard InChI is InChI=1S/C16H22ClN3O2.ClH/c1-10(2)15(21)19-12-4-5-14(17)13(8-12)16(22)20-7-6-18-9-11(20)3;/h4-5,8,10-11,18H,6-7,9H2,1-3H3,(H,19,21);1H/t11-;/m1./s1. The van der Waals surface area contributed by atoms with Gasteiger partial charge in [0.1, 0.15) is 0 Å². The number of halogens is 2. The molecule has 0 radical (unpaired) electrons. The normalized spacial score (nSPS) is 17.6. The molecule has 0 bridgehead atoms. The Balaban J connectivity index is 0.00000264. The van der Waals surface area contributed by atoms with Gasteiger partial charge < -0.3 is 15.5 Å². The lowest BCUT2D eigenvalue weighted by molar-refractivity contribution is -0.118. The van der Waals surface area contributed by atoms with E-state index in [4.69, 9.17) is 11.6 Å². The Bertz CT molecular complexity index is 578. The van der Waals surface area contributed by atoms with E-state index in [1.807, 2.05) is 25.7 Å². The van der Waals surface area contributed by atoms with E-state index in [9.17, 15) is 9.59 Å². The Hall–Kier alpha value is -1.30. The first-order valence-electron chi connectivity index (χ1n) is 7.52. The molecule has 1 saturated heterocycles. The summed E-state index contributed by atoms with van der Waals surface area (Å²) >= 11 is 6.18. The average Bonchev–Trinajstić information content (AvgIpc) is 2.49. The summed E-state index contributed by atoms with van der Waals surface area (Å²) in [5.41, 5.74) is 1.02. The summed E-state index contributed by atoms with van der Waals surface area (Å²) < 4.78 is 0. The summed E-state index contributed by atoms with van der Waals surface area (Å²) in [7, 11) is 0. The molecule has 7 heteroatoms. The number of hydrogen-bond acceptors (Lipinski definition) is 3. The lowest BCUT2D eigenvalue weighted by atomic mass is 10.1. The van der Waals surface area contributed by atoms with Crippen LogP contribution in [0.15, 0.2) is 18.2 Å². The summed E-state index contributed by atoms with van der Waals surface area (Å²) in [6, 6.07) is 5.13. The second-order valence-electron chi connectivity index (χ2n) is 5.89. The van der Waals surface area contributed by atoms with Crippen LogP contribution in [0.1, 0.15) is 31.1 Å². The molecule has 0 unspecified atom stereocenters. The summed E-state index contributed by atoms with van der Waals surface area (Å²) in [5, 5.41) is 6.45. The quantitative estimate of drug-likeness (QED) is 0.872. The van der Waals surface area contributed by atoms with Crippen molar-refractivity contribution in [1.29, 1.82) is 0 Å². The Morgan fingerprint density at radius 1 is 1.39 bits per heavy atom. The molecule has 1 aromatic carbocycles. The molecular formula is C16H23Cl2N3O2. The van der Waals surface area contributed by atoms with Gasteiger partial charge in [0.05, 0.1) is 10.6 Å². The molecule has 23 heavy (non-hydrogen) atoms. The Morgan fingerprint density at radius 2 is 2.09 bits per heavy atom. The van der Waals surface area contributed by atoms with Gasteiger partial charge in [-0.1, -0.05) is 25.4 Å². The SMILES string of the molecule is CC(C)C(=O)Nc1ccc(Cl)c(C(=O)N2CCNC[C@H]2C)c1.Cl. The average molecular weight is 360 g/mol. The molecule has 1 heterocycles. The summed E-state index contributed by atoms with van der Waals surface area (Å²) in [5.74, 6) is -0.307. The smallest absolute Gasteiger partial charge is 0.255 e. The first kappa shape index (κ1) is 19.7. The number of carbonyl (C=O) groups excluding carboxylic acids is 2. The van der Waals surface area contributed by atoms with Gasteiger partial charge >= 0.3 is 0 Å². The molecule has 0 saturated carbocycles. The summed E-state index contributed by atoms with van der Waals surface area (Å²) in [6.45, 7) is 7.84. The van der Waals surface area contributed by atoms with E-state index in [0.29, 0.717) is 22.8 Å². The van der Waals surface area contributed by atoms with Gasteiger partial charge in [0, 0.05) is 37.3 Å². The predicted molar refractivity (Wildman–Crippen MR) is 95.5 cm³/mol. The van der Waals surface area contributed by atoms with Crippen molar-refractivity contribution >= 4 is 41.5 Å². The monoisotopic (exact) mass is 359 g/mol. The fraction of sp³-hybridized carbons (Fsp3) is 0.500. The van der Waals surface area contributed by atoms with Crippen LogP contribution in [0.3, 0.4) is 0 Å². The van der Waals surface area contributed by atoms with Gasteiger partial charge in [-0.2, -0.15) is 0 Å². The maximum Gasteiger partial charge on any atom is 0.255 e. The van der Waals surface area contributed by atoms with Gasteiger partial charge in [-0.3, -0.25) is 9.59 Å². The van der Waals surface area contributed by atoms with Gasteiger partial charge in [0.15, 0.2) is 0 Å². The molecule has 0 aromatic heterocycles. The first-order valence-corrected chi connectivity index (χ1v) is 7.90. The van der Waals surface area contributed by atoms with Crippen LogP contribution in [0.2, 0.25) is 5.02 Å². The van der Waals surface area contributed by atoms with Gasteiger partial charge in [-0.05, 0) is 25.1 Å². The molecule has 0 spiro atoms. The predicted octanol–water partition coefficient (Wildman–Crippen LogP) is 2.79. The van der Waals surface area contributed by atoms with E-state index in [0.717, 1.165) is 13.1 Å². The lowest BCUT2D eigenvalue weighted by Gasteiger charge is -2.34. The van der Waals surface area contributed by atoms with Crippen LogP contribution in [0.5, 0.6) is 0 Å². The minimum atomic E-state index is -0.122. The molecule has 2 rings (SSSR count). The molecule has 2 amide bonds. The van der Waals surface area contributed by atoms with Crippen LogP contribution >= 0.6 is 24.0 Å². The highest BCUT2D eigenvalue weighted by Gasteiger charge is 2.25. The summed E-state index contributed by atoms with van der Waals surface area (Å²) in [4.78, 5) is 26.3. The number of amides is 2. The van der Waals surface area contributed by atoms with Crippen molar-refractivity contribution in [3.8, 4) is 0 Å². The molecule has 2 N–H and O–H groups in total. The van der Waals surface area contributed by atoms with Crippen molar-refractivity contribution in [2.45, 2.75) is 26.8 Å². The lowest BCUT2D eigenvalue weighted by Crippen LogP contribution is -2.52. The van der Waals surface area contributed by atoms with E-state index in [1.165, 1.54) is 0 Å². The minimum absolute atomic E-state index is 0. The zero-order valence-corrected chi connectivity index (χ0v) is 15.1. The second-order valence-corrected chi connectivity index (χ2v) is 6.30. The highest BCUT2D eigenvalue weighted by Crippen LogP contribution is 2.23. The molecule has 1 fully saturated rings. The second kappa shape index (κ2) is 8.52. The van der Waals surface area contributed by atoms with E-state index in [-0.39, 0.29) is 36.2 Å². The maximum absolute atomic E-state index is 12.7. The molecule has 0 aliphatic carbocycles. The number of benzene rings is 1. The molecule has 1 aromatic rings. The van der Waals surface area contributed by atoms with Crippen LogP contribution in [0.4, 0.5) is 5.69 Å². The molecule has 1 atom stereocenters. The number of anilines is 1. The van der Waals surface area contributed by atoms with Crippen LogP contribution in [-0.4, -0.2) is 42.4 Å². The number of carbonyl (C=O) groups is 2. The van der Waals surface area contributed by atoms with Crippen molar-refractivity contribution in [2.75, 3.05) is 25.0 Å². The number of hydrogen-bond donors (Lipinski definition) is 2. The minimum Gasteiger partial charge on any atom is -0.333 e. The largest absolute Gasteiger partial charge is 0.333 e. The first-order chi connectivity index (χ1) is 10.4. The molecule has 1 aliphatic rings. The number of rotatable bonds is 3. The van der Waals surface area contributed by atoms with Crippen LogP contribution in [0.25, 0.3) is 0 Å². The molecule has 128 valence electrons. The Labute approximate surface area is 148 Å². The van der Waals surface area contributed by atoms with E-state index >= 15 is 0 Å². The van der Waals surface area contributed by atoms with Gasteiger partial charge in [-0.25, -0.2) is 0 Å². The van der Waals surface area contributed by atoms with Crippen LogP contribution in [-0.2, 0) is 4.79 Å². The number of nitrogens with one attached hydrogen (secondary N) is 2. The third-order valence-electron chi connectivity index (χ3n) is 3.75. The summed E-state index contributed by atoms with van der Waals surface area (Å²) in [6.07, 6.45) is 0. The fourth-order valence-electron chi connectivity index (χ4n) is 2.35. The van der Waals surface area contributed by atoms with Crippen molar-refractivity contribution < 1.29 is 9.59 Å². The third kappa shape index (κ3) is 4.83. The van der Waals surface area contributed by atoms with Crippen LogP contribution < -0.4 is 10.6 Å². The molecular weight excluding hydrogens is 337 g/mol. The molecule has 5 nitrogen and oxygen atoms in total. The Morgan fingerprint density at radius 3 is 2.70 bits per heavy atom. The Kier molecular flexibility index (Phi) is 7.32. The van der Waals surface area contributed by atoms with Crippen molar-refractivity contribution in [3.05, 3.63) is 28.8 Å². The van der Waals surface area contributed by atoms with Gasteiger partial charge in [0.2, 0.25) is 5.91 Å². The fourth-order valence-corrected chi connectivity index (χ4v) is 2.55. The number of piperazine rings is 1. The van der Waals surface area contributed by atoms with Gasteiger partial charge in [-0.15, -0.1) is 12.4 Å². The molecule has 1 aliphatic heterocycles.